The SMILES string of the molecule is CB1C=c2oc3ccccc3c2=C(C)N1c1cc(C)c(-c2ccccc2)c[n+]1C. The summed E-state index contributed by atoms with van der Waals surface area (Å²) in [7, 11) is 2.13. The monoisotopic (exact) mass is 379 g/mol. The van der Waals surface area contributed by atoms with Crippen LogP contribution in [0.2, 0.25) is 6.82 Å². The summed E-state index contributed by atoms with van der Waals surface area (Å²) in [6.45, 7) is 6.82. The average Bonchev–Trinajstić information content (AvgIpc) is 3.09. The van der Waals surface area contributed by atoms with Crippen LogP contribution in [0.4, 0.5) is 5.82 Å². The summed E-state index contributed by atoms with van der Waals surface area (Å²) < 4.78 is 8.37. The minimum absolute atomic E-state index is 0.205. The maximum atomic E-state index is 6.14. The van der Waals surface area contributed by atoms with E-state index in [0.717, 1.165) is 11.0 Å². The Morgan fingerprint density at radius 1 is 0.966 bits per heavy atom. The van der Waals surface area contributed by atoms with Crippen LogP contribution in [0.1, 0.15) is 12.5 Å². The number of hydrogen-bond acceptors (Lipinski definition) is 2. The van der Waals surface area contributed by atoms with Crippen LogP contribution in [-0.2, 0) is 7.05 Å². The molecule has 0 unspecified atom stereocenters. The molecule has 0 atom stereocenters. The fourth-order valence-corrected chi connectivity index (χ4v) is 4.55. The Hall–Kier alpha value is -3.27. The molecule has 2 aromatic carbocycles. The third kappa shape index (κ3) is 2.79. The molecular weight excluding hydrogens is 355 g/mol. The predicted molar refractivity (Wildman–Crippen MR) is 121 cm³/mol. The Balaban J connectivity index is 1.71. The van der Waals surface area contributed by atoms with E-state index in [2.05, 4.69) is 97.8 Å². The lowest BCUT2D eigenvalue weighted by molar-refractivity contribution is -0.657. The van der Waals surface area contributed by atoms with Crippen molar-refractivity contribution in [3.8, 4) is 11.1 Å². The van der Waals surface area contributed by atoms with Gasteiger partial charge < -0.3 is 4.42 Å². The summed E-state index contributed by atoms with van der Waals surface area (Å²) >= 11 is 0. The van der Waals surface area contributed by atoms with E-state index in [9.17, 15) is 0 Å². The number of pyridine rings is 1. The molecule has 2 aromatic heterocycles. The van der Waals surface area contributed by atoms with Crippen molar-refractivity contribution in [1.29, 1.82) is 0 Å². The molecule has 0 bridgehead atoms. The van der Waals surface area contributed by atoms with Gasteiger partial charge in [0.15, 0.2) is 0 Å². The molecule has 0 spiro atoms. The maximum absolute atomic E-state index is 6.14. The number of rotatable bonds is 2. The smallest absolute Gasteiger partial charge is 0.405 e. The van der Waals surface area contributed by atoms with E-state index in [1.54, 1.807) is 0 Å². The molecule has 0 aliphatic carbocycles. The van der Waals surface area contributed by atoms with Crippen molar-refractivity contribution in [2.24, 2.45) is 7.05 Å². The molecule has 4 aromatic rings. The predicted octanol–water partition coefficient (Wildman–Crippen LogP) is 3.82. The molecule has 0 saturated heterocycles. The summed E-state index contributed by atoms with van der Waals surface area (Å²) in [4.78, 5) is 2.41. The van der Waals surface area contributed by atoms with E-state index in [-0.39, 0.29) is 6.85 Å². The van der Waals surface area contributed by atoms with Crippen molar-refractivity contribution in [2.45, 2.75) is 20.7 Å². The largest absolute Gasteiger partial charge is 0.457 e. The van der Waals surface area contributed by atoms with Gasteiger partial charge in [-0.05, 0) is 43.8 Å². The Labute approximate surface area is 171 Å². The van der Waals surface area contributed by atoms with E-state index in [1.165, 1.54) is 38.8 Å². The Morgan fingerprint density at radius 2 is 1.69 bits per heavy atom. The molecule has 0 fully saturated rings. The normalized spacial score (nSPS) is 13.6. The van der Waals surface area contributed by atoms with Gasteiger partial charge in [0.25, 0.3) is 5.82 Å². The number of nitrogens with zero attached hydrogens (tertiary/aromatic N) is 2. The van der Waals surface area contributed by atoms with Crippen LogP contribution in [0, 0.1) is 6.92 Å². The number of para-hydroxylation sites is 1. The van der Waals surface area contributed by atoms with E-state index < -0.39 is 0 Å². The van der Waals surface area contributed by atoms with Gasteiger partial charge in [0.1, 0.15) is 11.0 Å². The van der Waals surface area contributed by atoms with Crippen LogP contribution in [0.15, 0.2) is 71.3 Å². The summed E-state index contributed by atoms with van der Waals surface area (Å²) in [6.07, 6.45) is 2.24. The van der Waals surface area contributed by atoms with Gasteiger partial charge in [0, 0.05) is 17.0 Å². The molecule has 1 aliphatic heterocycles. The summed E-state index contributed by atoms with van der Waals surface area (Å²) in [6, 6.07) is 21.2. The quantitative estimate of drug-likeness (QED) is 0.390. The van der Waals surface area contributed by atoms with E-state index in [0.29, 0.717) is 0 Å². The third-order valence-corrected chi connectivity index (χ3v) is 5.93. The van der Waals surface area contributed by atoms with Gasteiger partial charge in [-0.2, -0.15) is 0 Å². The number of aromatic nitrogens is 1. The zero-order chi connectivity index (χ0) is 20.1. The van der Waals surface area contributed by atoms with Crippen molar-refractivity contribution in [2.75, 3.05) is 4.81 Å². The van der Waals surface area contributed by atoms with Crippen LogP contribution in [0.3, 0.4) is 0 Å². The molecule has 3 nitrogen and oxygen atoms in total. The molecule has 0 N–H and O–H groups in total. The van der Waals surface area contributed by atoms with Gasteiger partial charge >= 0.3 is 6.85 Å². The fourth-order valence-electron chi connectivity index (χ4n) is 4.55. The van der Waals surface area contributed by atoms with Gasteiger partial charge in [-0.3, -0.25) is 4.81 Å². The number of hydrogen-bond donors (Lipinski definition) is 0. The summed E-state index contributed by atoms with van der Waals surface area (Å²) in [5.41, 5.74) is 6.93. The van der Waals surface area contributed by atoms with Crippen LogP contribution < -0.4 is 20.0 Å². The third-order valence-electron chi connectivity index (χ3n) is 5.93. The van der Waals surface area contributed by atoms with Gasteiger partial charge in [0.05, 0.1) is 24.2 Å². The van der Waals surface area contributed by atoms with Crippen molar-refractivity contribution in [1.82, 2.24) is 0 Å². The second kappa shape index (κ2) is 6.66. The first-order valence-electron chi connectivity index (χ1n) is 10.1. The summed E-state index contributed by atoms with van der Waals surface area (Å²) in [5, 5.41) is 2.37. The number of aryl methyl sites for hydroxylation is 2. The average molecular weight is 379 g/mol. The van der Waals surface area contributed by atoms with Gasteiger partial charge in [0.2, 0.25) is 0 Å². The number of furan rings is 1. The number of benzene rings is 2. The fraction of sp³-hybridized carbons (Fsp3) is 0.160. The zero-order valence-corrected chi connectivity index (χ0v) is 17.3. The van der Waals surface area contributed by atoms with Crippen LogP contribution in [0.25, 0.3) is 33.8 Å². The molecule has 0 saturated carbocycles. The second-order valence-electron chi connectivity index (χ2n) is 7.91. The van der Waals surface area contributed by atoms with Crippen molar-refractivity contribution in [3.63, 3.8) is 0 Å². The van der Waals surface area contributed by atoms with Crippen LogP contribution in [0.5, 0.6) is 0 Å². The van der Waals surface area contributed by atoms with Gasteiger partial charge in [-0.15, -0.1) is 0 Å². The molecule has 0 amide bonds. The van der Waals surface area contributed by atoms with Crippen molar-refractivity contribution < 1.29 is 8.98 Å². The lowest BCUT2D eigenvalue weighted by Crippen LogP contribution is -2.50. The van der Waals surface area contributed by atoms with Crippen LogP contribution >= 0.6 is 0 Å². The molecule has 29 heavy (non-hydrogen) atoms. The highest BCUT2D eigenvalue weighted by Gasteiger charge is 2.34. The first-order chi connectivity index (χ1) is 14.0. The summed E-state index contributed by atoms with van der Waals surface area (Å²) in [5.74, 6) is 3.40. The number of anilines is 1. The Bertz CT molecular complexity index is 1360. The molecule has 4 heteroatoms. The highest BCUT2D eigenvalue weighted by Crippen LogP contribution is 2.27. The topological polar surface area (TPSA) is 20.3 Å². The standard InChI is InChI=1S/C25H24BN2O/c1-17-14-24(27(4)16-21(17)19-10-6-5-7-11-19)28-18(2)25-20-12-8-9-13-22(20)29-23(25)15-26(28)3/h5-16H,1-4H3/q+1. The van der Waals surface area contributed by atoms with E-state index in [4.69, 9.17) is 4.42 Å². The Kier molecular flexibility index (Phi) is 4.09. The first-order valence-corrected chi connectivity index (χ1v) is 10.1. The van der Waals surface area contributed by atoms with E-state index in [1.807, 2.05) is 12.1 Å². The first kappa shape index (κ1) is 17.8. The van der Waals surface area contributed by atoms with Crippen molar-refractivity contribution >= 4 is 35.3 Å². The van der Waals surface area contributed by atoms with Gasteiger partial charge in [-0.1, -0.05) is 48.5 Å². The molecule has 0 radical (unpaired) electrons. The highest BCUT2D eigenvalue weighted by molar-refractivity contribution is 6.77. The molecular formula is C25H24BN2O+. The maximum Gasteiger partial charge on any atom is 0.405 e. The van der Waals surface area contributed by atoms with Crippen molar-refractivity contribution in [3.05, 3.63) is 83.1 Å². The second-order valence-corrected chi connectivity index (χ2v) is 7.91. The van der Waals surface area contributed by atoms with E-state index >= 15 is 0 Å². The molecule has 5 rings (SSSR count). The van der Waals surface area contributed by atoms with Crippen LogP contribution in [-0.4, -0.2) is 6.85 Å². The lowest BCUT2D eigenvalue weighted by atomic mass is 9.61. The number of fused-ring (bicyclic) bond motifs is 3. The zero-order valence-electron chi connectivity index (χ0n) is 17.3. The van der Waals surface area contributed by atoms with Gasteiger partial charge in [-0.25, -0.2) is 4.57 Å². The Morgan fingerprint density at radius 3 is 2.48 bits per heavy atom. The highest BCUT2D eigenvalue weighted by atomic mass is 16.3. The molecule has 142 valence electrons. The minimum Gasteiger partial charge on any atom is -0.457 e. The molecule has 1 aliphatic rings. The molecule has 3 heterocycles. The lowest BCUT2D eigenvalue weighted by Gasteiger charge is -2.24. The minimum atomic E-state index is 0.205.